The molecule has 0 radical (unpaired) electrons. The minimum Gasteiger partial charge on any atom is -0.469 e. The summed E-state index contributed by atoms with van der Waals surface area (Å²) < 4.78 is 7.47. The van der Waals surface area contributed by atoms with Crippen molar-refractivity contribution in [2.45, 2.75) is 38.4 Å². The van der Waals surface area contributed by atoms with E-state index in [1.807, 2.05) is 35.8 Å². The maximum atomic E-state index is 12.0. The average Bonchev–Trinajstić information content (AvgIpc) is 3.27. The Hall–Kier alpha value is -2.54. The van der Waals surface area contributed by atoms with E-state index in [9.17, 15) is 4.79 Å². The van der Waals surface area contributed by atoms with E-state index >= 15 is 0 Å². The molecule has 0 saturated heterocycles. The van der Waals surface area contributed by atoms with Crippen molar-refractivity contribution in [3.63, 3.8) is 0 Å². The molecule has 0 fully saturated rings. The van der Waals surface area contributed by atoms with E-state index < -0.39 is 0 Å². The van der Waals surface area contributed by atoms with Crippen LogP contribution in [0.25, 0.3) is 11.4 Å². The van der Waals surface area contributed by atoms with Gasteiger partial charge in [0.15, 0.2) is 11.0 Å². The Morgan fingerprint density at radius 1 is 1.22 bits per heavy atom. The highest BCUT2D eigenvalue weighted by Crippen LogP contribution is 2.27. The Kier molecular flexibility index (Phi) is 6.70. The van der Waals surface area contributed by atoms with E-state index in [0.29, 0.717) is 18.8 Å². The van der Waals surface area contributed by atoms with Gasteiger partial charge in [-0.1, -0.05) is 55.4 Å². The molecule has 0 aliphatic heterocycles. The van der Waals surface area contributed by atoms with Crippen LogP contribution in [0.3, 0.4) is 0 Å². The largest absolute Gasteiger partial charge is 0.469 e. The van der Waals surface area contributed by atoms with Crippen molar-refractivity contribution in [1.29, 1.82) is 0 Å². The normalized spacial score (nSPS) is 10.9. The molecule has 27 heavy (non-hydrogen) atoms. The first kappa shape index (κ1) is 19.2. The molecule has 1 aromatic carbocycles. The molecule has 2 aromatic heterocycles. The summed E-state index contributed by atoms with van der Waals surface area (Å²) in [6.45, 7) is 5.36. The highest BCUT2D eigenvalue weighted by molar-refractivity contribution is 7.99. The lowest BCUT2D eigenvalue weighted by Gasteiger charge is -2.10. The van der Waals surface area contributed by atoms with Crippen LogP contribution in [0.2, 0.25) is 0 Å². The van der Waals surface area contributed by atoms with Gasteiger partial charge in [-0.3, -0.25) is 9.36 Å². The molecule has 1 N–H and O–H groups in total. The Bertz CT molecular complexity index is 873. The fourth-order valence-electron chi connectivity index (χ4n) is 2.71. The third-order valence-electron chi connectivity index (χ3n) is 4.18. The number of nitrogens with zero attached hydrogens (tertiary/aromatic N) is 3. The maximum Gasteiger partial charge on any atom is 0.230 e. The summed E-state index contributed by atoms with van der Waals surface area (Å²) in [5.74, 6) is 1.88. The van der Waals surface area contributed by atoms with Gasteiger partial charge in [0.1, 0.15) is 5.76 Å². The van der Waals surface area contributed by atoms with E-state index in [0.717, 1.165) is 40.7 Å². The fraction of sp³-hybridized carbons (Fsp3) is 0.350. The second kappa shape index (κ2) is 9.41. The van der Waals surface area contributed by atoms with Crippen molar-refractivity contribution in [1.82, 2.24) is 20.1 Å². The van der Waals surface area contributed by atoms with Crippen LogP contribution >= 0.6 is 11.8 Å². The van der Waals surface area contributed by atoms with E-state index in [1.54, 1.807) is 6.26 Å². The number of furan rings is 1. The van der Waals surface area contributed by atoms with E-state index in [1.165, 1.54) is 11.8 Å². The Labute approximate surface area is 163 Å². The number of nitrogens with one attached hydrogen (secondary N) is 1. The number of carbonyl (C=O) groups is 1. The van der Waals surface area contributed by atoms with Crippen molar-refractivity contribution >= 4 is 17.7 Å². The molecule has 1 amide bonds. The number of hydrogen-bond acceptors (Lipinski definition) is 5. The minimum absolute atomic E-state index is 0.0174. The third-order valence-corrected chi connectivity index (χ3v) is 5.15. The molecule has 142 valence electrons. The van der Waals surface area contributed by atoms with Crippen LogP contribution in [0.4, 0.5) is 0 Å². The molecule has 0 bridgehead atoms. The quantitative estimate of drug-likeness (QED) is 0.447. The van der Waals surface area contributed by atoms with Crippen LogP contribution in [-0.4, -0.2) is 33.0 Å². The lowest BCUT2D eigenvalue weighted by Crippen LogP contribution is -2.26. The molecule has 0 aliphatic rings. The zero-order chi connectivity index (χ0) is 19.1. The number of thioether (sulfide) groups is 1. The molecule has 7 heteroatoms. The fourth-order valence-corrected chi connectivity index (χ4v) is 3.47. The van der Waals surface area contributed by atoms with Gasteiger partial charge in [-0.05, 0) is 25.0 Å². The summed E-state index contributed by atoms with van der Waals surface area (Å²) in [6.07, 6.45) is 3.71. The number of carbonyl (C=O) groups excluding carboxylic acids is 1. The Balaban J connectivity index is 1.80. The molecule has 6 nitrogen and oxygen atoms in total. The number of rotatable bonds is 9. The van der Waals surface area contributed by atoms with Crippen molar-refractivity contribution in [3.8, 4) is 11.4 Å². The van der Waals surface area contributed by atoms with Gasteiger partial charge >= 0.3 is 0 Å². The molecule has 0 atom stereocenters. The zero-order valence-corrected chi connectivity index (χ0v) is 16.5. The van der Waals surface area contributed by atoms with Gasteiger partial charge in [-0.2, -0.15) is 0 Å². The van der Waals surface area contributed by atoms with Crippen molar-refractivity contribution < 1.29 is 9.21 Å². The number of hydrogen-bond donors (Lipinski definition) is 1. The van der Waals surface area contributed by atoms with Crippen molar-refractivity contribution in [2.75, 3.05) is 12.3 Å². The molecular weight excluding hydrogens is 360 g/mol. The number of unbranched alkanes of at least 4 members (excludes halogenated alkanes) is 1. The lowest BCUT2D eigenvalue weighted by atomic mass is 10.2. The van der Waals surface area contributed by atoms with Gasteiger partial charge in [-0.25, -0.2) is 0 Å². The van der Waals surface area contributed by atoms with Crippen LogP contribution in [0.5, 0.6) is 0 Å². The first-order valence-corrected chi connectivity index (χ1v) is 10.1. The number of amides is 1. The number of benzene rings is 1. The molecule has 3 aromatic rings. The van der Waals surface area contributed by atoms with Gasteiger partial charge in [0, 0.05) is 6.54 Å². The van der Waals surface area contributed by atoms with Gasteiger partial charge in [0.25, 0.3) is 0 Å². The van der Waals surface area contributed by atoms with Gasteiger partial charge < -0.3 is 9.73 Å². The summed E-state index contributed by atoms with van der Waals surface area (Å²) >= 11 is 1.40. The molecule has 0 spiro atoms. The minimum atomic E-state index is 0.0174. The van der Waals surface area contributed by atoms with Crippen LogP contribution in [0.1, 0.15) is 31.1 Å². The summed E-state index contributed by atoms with van der Waals surface area (Å²) in [6, 6.07) is 12.0. The van der Waals surface area contributed by atoms with Crippen LogP contribution in [0.15, 0.2) is 52.2 Å². The standard InChI is InChI=1S/C20H24N4O2S/c1-3-4-11-21-18(25)14-27-20-23-22-19(17-10-12-26-15(17)2)24(20)13-16-8-6-5-7-9-16/h5-10,12H,3-4,11,13-14H2,1-2H3,(H,21,25). The Morgan fingerprint density at radius 2 is 2.04 bits per heavy atom. The maximum absolute atomic E-state index is 12.0. The number of aryl methyl sites for hydroxylation is 1. The van der Waals surface area contributed by atoms with Gasteiger partial charge in [-0.15, -0.1) is 10.2 Å². The molecular formula is C20H24N4O2S. The first-order valence-electron chi connectivity index (χ1n) is 9.10. The molecule has 2 heterocycles. The van der Waals surface area contributed by atoms with Crippen LogP contribution in [-0.2, 0) is 11.3 Å². The monoisotopic (exact) mass is 384 g/mol. The topological polar surface area (TPSA) is 73.0 Å². The summed E-state index contributed by atoms with van der Waals surface area (Å²) in [5, 5.41) is 12.4. The van der Waals surface area contributed by atoms with Crippen molar-refractivity contribution in [2.24, 2.45) is 0 Å². The van der Waals surface area contributed by atoms with Gasteiger partial charge in [0.05, 0.1) is 24.1 Å². The van der Waals surface area contributed by atoms with E-state index in [-0.39, 0.29) is 5.91 Å². The smallest absolute Gasteiger partial charge is 0.230 e. The molecule has 0 saturated carbocycles. The summed E-state index contributed by atoms with van der Waals surface area (Å²) in [5.41, 5.74) is 2.06. The predicted molar refractivity (Wildman–Crippen MR) is 107 cm³/mol. The predicted octanol–water partition coefficient (Wildman–Crippen LogP) is 3.90. The third kappa shape index (κ3) is 5.01. The second-order valence-corrected chi connectivity index (χ2v) is 7.20. The van der Waals surface area contributed by atoms with Crippen LogP contribution in [0, 0.1) is 6.92 Å². The average molecular weight is 385 g/mol. The van der Waals surface area contributed by atoms with Crippen molar-refractivity contribution in [3.05, 3.63) is 54.0 Å². The molecule has 0 unspecified atom stereocenters. The van der Waals surface area contributed by atoms with Gasteiger partial charge in [0.2, 0.25) is 5.91 Å². The zero-order valence-electron chi connectivity index (χ0n) is 15.6. The van der Waals surface area contributed by atoms with E-state index in [2.05, 4.69) is 34.6 Å². The lowest BCUT2D eigenvalue weighted by molar-refractivity contribution is -0.118. The highest BCUT2D eigenvalue weighted by Gasteiger charge is 2.18. The molecule has 3 rings (SSSR count). The molecule has 0 aliphatic carbocycles. The number of aromatic nitrogens is 3. The SMILES string of the molecule is CCCCNC(=O)CSc1nnc(-c2ccoc2C)n1Cc1ccccc1. The summed E-state index contributed by atoms with van der Waals surface area (Å²) in [4.78, 5) is 12.0. The van der Waals surface area contributed by atoms with Crippen LogP contribution < -0.4 is 5.32 Å². The first-order chi connectivity index (χ1) is 13.2. The highest BCUT2D eigenvalue weighted by atomic mass is 32.2. The summed E-state index contributed by atoms with van der Waals surface area (Å²) in [7, 11) is 0. The second-order valence-electron chi connectivity index (χ2n) is 6.26. The van der Waals surface area contributed by atoms with E-state index in [4.69, 9.17) is 4.42 Å². The Morgan fingerprint density at radius 3 is 2.74 bits per heavy atom.